The summed E-state index contributed by atoms with van der Waals surface area (Å²) >= 11 is 1.53. The minimum absolute atomic E-state index is 0.0147. The molecular formula is C22H20N4O3S. The molecule has 4 rings (SSSR count). The molecule has 0 spiro atoms. The van der Waals surface area contributed by atoms with Gasteiger partial charge in [0.15, 0.2) is 0 Å². The number of rotatable bonds is 4. The van der Waals surface area contributed by atoms with Crippen molar-refractivity contribution in [1.29, 1.82) is 5.26 Å². The zero-order chi connectivity index (χ0) is 21.4. The number of esters is 1. The van der Waals surface area contributed by atoms with Gasteiger partial charge in [0.25, 0.3) is 0 Å². The molecule has 1 unspecified atom stereocenters. The highest BCUT2D eigenvalue weighted by Gasteiger charge is 2.37. The second-order valence-corrected chi connectivity index (χ2v) is 8.27. The molecular weight excluding hydrogens is 400 g/mol. The van der Waals surface area contributed by atoms with E-state index in [1.54, 1.807) is 6.92 Å². The standard InChI is InChI=1S/C22H20N4O3S/c1-12-19(22(27)28-3)20(15(9-23)21(24)29-12)18-8-14(13(2)30-18)10-26-11-25-16-6-4-5-7-17(16)26/h4-8,11,20H,10,24H2,1-3H3. The maximum atomic E-state index is 12.5. The molecule has 2 N–H and O–H groups in total. The third-order valence-electron chi connectivity index (χ3n) is 5.20. The maximum absolute atomic E-state index is 12.5. The van der Waals surface area contributed by atoms with E-state index in [0.29, 0.717) is 17.9 Å². The first-order valence-corrected chi connectivity index (χ1v) is 10.1. The first-order valence-electron chi connectivity index (χ1n) is 9.30. The van der Waals surface area contributed by atoms with E-state index in [9.17, 15) is 10.1 Å². The highest BCUT2D eigenvalue weighted by atomic mass is 32.1. The number of nitrogens with zero attached hydrogens (tertiary/aromatic N) is 3. The van der Waals surface area contributed by atoms with E-state index in [1.165, 1.54) is 18.4 Å². The van der Waals surface area contributed by atoms with Crippen LogP contribution in [0.3, 0.4) is 0 Å². The van der Waals surface area contributed by atoms with Crippen molar-refractivity contribution in [1.82, 2.24) is 9.55 Å². The summed E-state index contributed by atoms with van der Waals surface area (Å²) in [6.45, 7) is 4.30. The summed E-state index contributed by atoms with van der Waals surface area (Å²) in [5.74, 6) is -0.795. The number of aromatic nitrogens is 2. The Morgan fingerprint density at radius 1 is 1.40 bits per heavy atom. The van der Waals surface area contributed by atoms with Crippen LogP contribution in [-0.4, -0.2) is 22.6 Å². The number of carbonyl (C=O) groups excluding carboxylic acids is 1. The van der Waals surface area contributed by atoms with Crippen LogP contribution < -0.4 is 5.73 Å². The lowest BCUT2D eigenvalue weighted by Gasteiger charge is -2.25. The van der Waals surface area contributed by atoms with Crippen molar-refractivity contribution in [3.63, 3.8) is 0 Å². The van der Waals surface area contributed by atoms with E-state index in [1.807, 2.05) is 43.6 Å². The number of hydrogen-bond acceptors (Lipinski definition) is 7. The number of nitrogens with two attached hydrogens (primary N) is 1. The third-order valence-corrected chi connectivity index (χ3v) is 6.36. The Morgan fingerprint density at radius 2 is 2.17 bits per heavy atom. The van der Waals surface area contributed by atoms with Crippen LogP contribution in [0.25, 0.3) is 11.0 Å². The fourth-order valence-electron chi connectivity index (χ4n) is 3.70. The van der Waals surface area contributed by atoms with Gasteiger partial charge in [-0.3, -0.25) is 0 Å². The molecule has 3 aromatic rings. The van der Waals surface area contributed by atoms with E-state index in [-0.39, 0.29) is 11.5 Å². The number of thiophene rings is 1. The molecule has 1 aliphatic heterocycles. The summed E-state index contributed by atoms with van der Waals surface area (Å²) in [7, 11) is 1.31. The van der Waals surface area contributed by atoms with Gasteiger partial charge in [0.2, 0.25) is 5.88 Å². The minimum atomic E-state index is -0.617. The molecule has 0 amide bonds. The summed E-state index contributed by atoms with van der Waals surface area (Å²) in [6, 6.07) is 12.1. The molecule has 8 heteroatoms. The fourth-order valence-corrected chi connectivity index (χ4v) is 4.87. The maximum Gasteiger partial charge on any atom is 0.338 e. The van der Waals surface area contributed by atoms with Crippen LogP contribution in [0.4, 0.5) is 0 Å². The van der Waals surface area contributed by atoms with Gasteiger partial charge in [0, 0.05) is 9.75 Å². The number of methoxy groups -OCH3 is 1. The SMILES string of the molecule is COC(=O)C1=C(C)OC(N)=C(C#N)C1c1cc(Cn2cnc3ccccc32)c(C)s1. The van der Waals surface area contributed by atoms with Crippen LogP contribution in [0, 0.1) is 18.3 Å². The first-order chi connectivity index (χ1) is 14.4. The zero-order valence-corrected chi connectivity index (χ0v) is 17.6. The lowest BCUT2D eigenvalue weighted by Crippen LogP contribution is -2.24. The van der Waals surface area contributed by atoms with Crippen LogP contribution in [0.5, 0.6) is 0 Å². The van der Waals surface area contributed by atoms with E-state index in [0.717, 1.165) is 26.4 Å². The quantitative estimate of drug-likeness (QED) is 0.646. The molecule has 0 fully saturated rings. The molecule has 0 saturated carbocycles. The monoisotopic (exact) mass is 420 g/mol. The van der Waals surface area contributed by atoms with Crippen LogP contribution in [0.1, 0.15) is 28.2 Å². The van der Waals surface area contributed by atoms with Crippen LogP contribution in [0.15, 0.2) is 59.4 Å². The Kier molecular flexibility index (Phi) is 5.06. The number of para-hydroxylation sites is 2. The van der Waals surface area contributed by atoms with Crippen LogP contribution >= 0.6 is 11.3 Å². The highest BCUT2D eigenvalue weighted by Crippen LogP contribution is 2.43. The molecule has 1 aliphatic rings. The second-order valence-electron chi connectivity index (χ2n) is 6.98. The lowest BCUT2D eigenvalue weighted by molar-refractivity contribution is -0.136. The molecule has 2 aromatic heterocycles. The second kappa shape index (κ2) is 7.69. The van der Waals surface area contributed by atoms with Crippen LogP contribution in [-0.2, 0) is 20.8 Å². The molecule has 1 atom stereocenters. The Balaban J connectivity index is 1.77. The van der Waals surface area contributed by atoms with E-state index >= 15 is 0 Å². The topological polar surface area (TPSA) is 103 Å². The van der Waals surface area contributed by atoms with E-state index in [2.05, 4.69) is 15.6 Å². The Hall–Kier alpha value is -3.57. The number of carbonyl (C=O) groups is 1. The average molecular weight is 420 g/mol. The van der Waals surface area contributed by atoms with Gasteiger partial charge in [0.1, 0.15) is 17.4 Å². The molecule has 30 heavy (non-hydrogen) atoms. The molecule has 7 nitrogen and oxygen atoms in total. The minimum Gasteiger partial charge on any atom is -0.466 e. The third kappa shape index (κ3) is 3.23. The summed E-state index contributed by atoms with van der Waals surface area (Å²) in [6.07, 6.45) is 1.82. The molecule has 0 saturated heterocycles. The van der Waals surface area contributed by atoms with E-state index in [4.69, 9.17) is 15.2 Å². The Labute approximate surface area is 177 Å². The van der Waals surface area contributed by atoms with Gasteiger partial charge in [0.05, 0.1) is 42.5 Å². The van der Waals surface area contributed by atoms with E-state index < -0.39 is 11.9 Å². The normalized spacial score (nSPS) is 16.5. The van der Waals surface area contributed by atoms with Crippen molar-refractivity contribution in [2.24, 2.45) is 5.73 Å². The summed E-state index contributed by atoms with van der Waals surface area (Å²) in [5.41, 5.74) is 9.54. The average Bonchev–Trinajstić information content (AvgIpc) is 3.31. The first kappa shape index (κ1) is 19.7. The molecule has 3 heterocycles. The number of benzene rings is 1. The van der Waals surface area contributed by atoms with Crippen molar-refractivity contribution >= 4 is 28.3 Å². The lowest BCUT2D eigenvalue weighted by atomic mass is 9.87. The zero-order valence-electron chi connectivity index (χ0n) is 16.8. The van der Waals surface area contributed by atoms with Gasteiger partial charge >= 0.3 is 5.97 Å². The van der Waals surface area contributed by atoms with Crippen molar-refractivity contribution in [2.45, 2.75) is 26.3 Å². The molecule has 152 valence electrons. The predicted molar refractivity (Wildman–Crippen MR) is 113 cm³/mol. The predicted octanol–water partition coefficient (Wildman–Crippen LogP) is 3.71. The number of aryl methyl sites for hydroxylation is 1. The summed E-state index contributed by atoms with van der Waals surface area (Å²) < 4.78 is 12.5. The van der Waals surface area contributed by atoms with Gasteiger partial charge in [-0.15, -0.1) is 11.3 Å². The number of ether oxygens (including phenoxy) is 2. The largest absolute Gasteiger partial charge is 0.466 e. The highest BCUT2D eigenvalue weighted by molar-refractivity contribution is 7.12. The Bertz CT molecular complexity index is 1260. The number of allylic oxidation sites excluding steroid dienone is 2. The van der Waals surface area contributed by atoms with Crippen molar-refractivity contribution < 1.29 is 14.3 Å². The number of fused-ring (bicyclic) bond motifs is 1. The molecule has 0 aliphatic carbocycles. The summed E-state index contributed by atoms with van der Waals surface area (Å²) in [4.78, 5) is 18.9. The van der Waals surface area contributed by atoms with Gasteiger partial charge in [-0.25, -0.2) is 9.78 Å². The smallest absolute Gasteiger partial charge is 0.338 e. The number of nitriles is 1. The van der Waals surface area contributed by atoms with Crippen LogP contribution in [0.2, 0.25) is 0 Å². The fraction of sp³-hybridized carbons (Fsp3) is 0.227. The molecule has 0 radical (unpaired) electrons. The van der Waals surface area contributed by atoms with Crippen molar-refractivity contribution in [2.75, 3.05) is 7.11 Å². The Morgan fingerprint density at radius 3 is 2.90 bits per heavy atom. The van der Waals surface area contributed by atoms with Gasteiger partial charge in [-0.2, -0.15) is 5.26 Å². The van der Waals surface area contributed by atoms with Gasteiger partial charge < -0.3 is 19.8 Å². The molecule has 1 aromatic carbocycles. The van der Waals surface area contributed by atoms with Crippen molar-refractivity contribution in [3.05, 3.63) is 74.8 Å². The number of hydrogen-bond donors (Lipinski definition) is 1. The number of imidazole rings is 1. The van der Waals surface area contributed by atoms with Gasteiger partial charge in [-0.1, -0.05) is 12.1 Å². The summed E-state index contributed by atoms with van der Waals surface area (Å²) in [5, 5.41) is 9.70. The van der Waals surface area contributed by atoms with Crippen molar-refractivity contribution in [3.8, 4) is 6.07 Å². The van der Waals surface area contributed by atoms with Gasteiger partial charge in [-0.05, 0) is 37.6 Å². The molecule has 0 bridgehead atoms.